The van der Waals surface area contributed by atoms with Gasteiger partial charge >= 0.3 is 6.03 Å². The number of nitrogens with zero attached hydrogens (tertiary/aromatic N) is 1. The lowest BCUT2D eigenvalue weighted by Crippen LogP contribution is -2.41. The largest absolute Gasteiger partial charge is 0.392 e. The molecule has 4 heteroatoms. The fourth-order valence-corrected chi connectivity index (χ4v) is 2.17. The summed E-state index contributed by atoms with van der Waals surface area (Å²) in [4.78, 5) is 13.2. The fraction of sp³-hybridized carbons (Fsp3) is 0.588. The van der Waals surface area contributed by atoms with Crippen molar-refractivity contribution >= 4 is 6.03 Å². The molecular formula is C17H28N2O2. The lowest BCUT2D eigenvalue weighted by atomic mass is 10.0. The van der Waals surface area contributed by atoms with E-state index in [4.69, 9.17) is 0 Å². The van der Waals surface area contributed by atoms with Gasteiger partial charge in [-0.15, -0.1) is 0 Å². The van der Waals surface area contributed by atoms with Crippen LogP contribution in [0.3, 0.4) is 0 Å². The van der Waals surface area contributed by atoms with Crippen LogP contribution in [0.5, 0.6) is 0 Å². The number of likely N-dealkylation sites (N-methyl/N-ethyl adjacent to an activating group) is 1. The zero-order chi connectivity index (χ0) is 15.8. The molecule has 21 heavy (non-hydrogen) atoms. The minimum Gasteiger partial charge on any atom is -0.392 e. The molecule has 2 amide bonds. The van der Waals surface area contributed by atoms with Gasteiger partial charge in [0.2, 0.25) is 0 Å². The molecular weight excluding hydrogens is 264 g/mol. The summed E-state index contributed by atoms with van der Waals surface area (Å²) >= 11 is 0. The van der Waals surface area contributed by atoms with Crippen LogP contribution in [0, 0.1) is 0 Å². The number of rotatable bonds is 7. The summed E-state index contributed by atoms with van der Waals surface area (Å²) in [6, 6.07) is 8.54. The number of amides is 2. The van der Waals surface area contributed by atoms with E-state index in [1.807, 2.05) is 0 Å². The highest BCUT2D eigenvalue weighted by atomic mass is 16.3. The Balaban J connectivity index is 2.26. The summed E-state index contributed by atoms with van der Waals surface area (Å²) in [6.45, 7) is 7.05. The van der Waals surface area contributed by atoms with Crippen molar-refractivity contribution in [2.75, 3.05) is 20.1 Å². The number of urea groups is 1. The minimum absolute atomic E-state index is 0.133. The standard InChI is InChI=1S/C17H28N2O2/c1-13(2)16-9-7-15(8-10-16)6-5-11-18-17(21)19(4)12-14(3)20/h7-10,13-14,20H,5-6,11-12H2,1-4H3,(H,18,21). The number of carbonyl (C=O) groups is 1. The van der Waals surface area contributed by atoms with E-state index in [2.05, 4.69) is 43.4 Å². The number of hydrogen-bond acceptors (Lipinski definition) is 2. The summed E-state index contributed by atoms with van der Waals surface area (Å²) in [5.41, 5.74) is 2.65. The molecule has 1 aromatic rings. The molecule has 0 fully saturated rings. The Labute approximate surface area is 128 Å². The van der Waals surface area contributed by atoms with Gasteiger partial charge in [-0.05, 0) is 36.8 Å². The minimum atomic E-state index is -0.500. The molecule has 1 atom stereocenters. The van der Waals surface area contributed by atoms with Crippen LogP contribution in [0.2, 0.25) is 0 Å². The molecule has 0 aliphatic carbocycles. The molecule has 0 aromatic heterocycles. The van der Waals surface area contributed by atoms with Gasteiger partial charge in [0.05, 0.1) is 6.10 Å². The Kier molecular flexibility index (Phi) is 7.23. The highest BCUT2D eigenvalue weighted by Gasteiger charge is 2.09. The summed E-state index contributed by atoms with van der Waals surface area (Å²) in [5.74, 6) is 0.558. The van der Waals surface area contributed by atoms with Crippen molar-refractivity contribution in [3.8, 4) is 0 Å². The number of hydrogen-bond donors (Lipinski definition) is 2. The average molecular weight is 292 g/mol. The van der Waals surface area contributed by atoms with Crippen LogP contribution in [0.1, 0.15) is 44.2 Å². The van der Waals surface area contributed by atoms with E-state index in [1.54, 1.807) is 14.0 Å². The van der Waals surface area contributed by atoms with Crippen LogP contribution in [-0.2, 0) is 6.42 Å². The van der Waals surface area contributed by atoms with Crippen molar-refractivity contribution in [2.45, 2.75) is 45.6 Å². The fourth-order valence-electron chi connectivity index (χ4n) is 2.17. The summed E-state index contributed by atoms with van der Waals surface area (Å²) in [7, 11) is 1.69. The molecule has 0 bridgehead atoms. The molecule has 1 unspecified atom stereocenters. The molecule has 2 N–H and O–H groups in total. The first-order valence-electron chi connectivity index (χ1n) is 7.66. The van der Waals surface area contributed by atoms with Crippen molar-refractivity contribution in [3.63, 3.8) is 0 Å². The Bertz CT molecular complexity index is 427. The van der Waals surface area contributed by atoms with Crippen LogP contribution in [-0.4, -0.2) is 42.3 Å². The first-order valence-corrected chi connectivity index (χ1v) is 7.66. The molecule has 0 heterocycles. The molecule has 0 saturated heterocycles. The maximum absolute atomic E-state index is 11.7. The third kappa shape index (κ3) is 6.63. The smallest absolute Gasteiger partial charge is 0.317 e. The van der Waals surface area contributed by atoms with Crippen molar-refractivity contribution in [1.29, 1.82) is 0 Å². The first kappa shape index (κ1) is 17.5. The Morgan fingerprint density at radius 2 is 1.86 bits per heavy atom. The van der Waals surface area contributed by atoms with Crippen molar-refractivity contribution < 1.29 is 9.90 Å². The van der Waals surface area contributed by atoms with Gasteiger partial charge in [0.25, 0.3) is 0 Å². The van der Waals surface area contributed by atoms with Crippen LogP contribution < -0.4 is 5.32 Å². The van der Waals surface area contributed by atoms with Crippen molar-refractivity contribution in [1.82, 2.24) is 10.2 Å². The molecule has 1 aromatic carbocycles. The third-order valence-electron chi connectivity index (χ3n) is 3.45. The number of aliphatic hydroxyl groups excluding tert-OH is 1. The summed E-state index contributed by atoms with van der Waals surface area (Å²) < 4.78 is 0. The molecule has 118 valence electrons. The van der Waals surface area contributed by atoms with E-state index in [-0.39, 0.29) is 6.03 Å². The SMILES string of the molecule is CC(O)CN(C)C(=O)NCCCc1ccc(C(C)C)cc1. The first-order chi connectivity index (χ1) is 9.90. The van der Waals surface area contributed by atoms with Gasteiger partial charge in [0.15, 0.2) is 0 Å². The zero-order valence-corrected chi connectivity index (χ0v) is 13.6. The second-order valence-electron chi connectivity index (χ2n) is 5.96. The highest BCUT2D eigenvalue weighted by molar-refractivity contribution is 5.73. The molecule has 0 aliphatic rings. The van der Waals surface area contributed by atoms with E-state index >= 15 is 0 Å². The lowest BCUT2D eigenvalue weighted by molar-refractivity contribution is 0.144. The summed E-state index contributed by atoms with van der Waals surface area (Å²) in [6.07, 6.45) is 1.37. The van der Waals surface area contributed by atoms with E-state index in [0.29, 0.717) is 19.0 Å². The van der Waals surface area contributed by atoms with Crippen molar-refractivity contribution in [2.24, 2.45) is 0 Å². The summed E-state index contributed by atoms with van der Waals surface area (Å²) in [5, 5.41) is 12.1. The van der Waals surface area contributed by atoms with Gasteiger partial charge in [-0.3, -0.25) is 0 Å². The van der Waals surface area contributed by atoms with Crippen LogP contribution >= 0.6 is 0 Å². The maximum atomic E-state index is 11.7. The lowest BCUT2D eigenvalue weighted by Gasteiger charge is -2.19. The zero-order valence-electron chi connectivity index (χ0n) is 13.6. The molecule has 0 aliphatic heterocycles. The number of aryl methyl sites for hydroxylation is 1. The van der Waals surface area contributed by atoms with Gasteiger partial charge < -0.3 is 15.3 Å². The number of aliphatic hydroxyl groups is 1. The molecule has 0 saturated carbocycles. The third-order valence-corrected chi connectivity index (χ3v) is 3.45. The van der Waals surface area contributed by atoms with E-state index in [0.717, 1.165) is 12.8 Å². The number of benzene rings is 1. The quantitative estimate of drug-likeness (QED) is 0.759. The van der Waals surface area contributed by atoms with Crippen molar-refractivity contribution in [3.05, 3.63) is 35.4 Å². The van der Waals surface area contributed by atoms with Gasteiger partial charge in [0, 0.05) is 20.1 Å². The second-order valence-corrected chi connectivity index (χ2v) is 5.96. The predicted molar refractivity (Wildman–Crippen MR) is 86.6 cm³/mol. The monoisotopic (exact) mass is 292 g/mol. The van der Waals surface area contributed by atoms with Gasteiger partial charge in [-0.1, -0.05) is 38.1 Å². The average Bonchev–Trinajstić information content (AvgIpc) is 2.43. The van der Waals surface area contributed by atoms with E-state index in [9.17, 15) is 9.90 Å². The predicted octanol–water partition coefficient (Wildman–Crippen LogP) is 2.76. The molecule has 0 radical (unpaired) electrons. The topological polar surface area (TPSA) is 52.6 Å². The van der Waals surface area contributed by atoms with Gasteiger partial charge in [0.1, 0.15) is 0 Å². The van der Waals surface area contributed by atoms with Gasteiger partial charge in [-0.2, -0.15) is 0 Å². The van der Waals surface area contributed by atoms with Crippen LogP contribution in [0.4, 0.5) is 4.79 Å². The molecule has 1 rings (SSSR count). The number of nitrogens with one attached hydrogen (secondary N) is 1. The van der Waals surface area contributed by atoms with E-state index in [1.165, 1.54) is 16.0 Å². The normalized spacial score (nSPS) is 12.3. The Morgan fingerprint density at radius 3 is 2.38 bits per heavy atom. The second kappa shape index (κ2) is 8.67. The number of carbonyl (C=O) groups excluding carboxylic acids is 1. The highest BCUT2D eigenvalue weighted by Crippen LogP contribution is 2.15. The van der Waals surface area contributed by atoms with Crippen LogP contribution in [0.15, 0.2) is 24.3 Å². The maximum Gasteiger partial charge on any atom is 0.317 e. The van der Waals surface area contributed by atoms with E-state index < -0.39 is 6.10 Å². The Morgan fingerprint density at radius 1 is 1.24 bits per heavy atom. The molecule has 0 spiro atoms. The van der Waals surface area contributed by atoms with Crippen LogP contribution in [0.25, 0.3) is 0 Å². The molecule has 4 nitrogen and oxygen atoms in total. The van der Waals surface area contributed by atoms with Gasteiger partial charge in [-0.25, -0.2) is 4.79 Å². The Hall–Kier alpha value is -1.55.